The van der Waals surface area contributed by atoms with Crippen LogP contribution in [-0.4, -0.2) is 59.2 Å². The summed E-state index contributed by atoms with van der Waals surface area (Å²) in [5.41, 5.74) is -0.496. The van der Waals surface area contributed by atoms with Gasteiger partial charge in [0.15, 0.2) is 11.6 Å². The minimum atomic E-state index is -1.24. The summed E-state index contributed by atoms with van der Waals surface area (Å²) in [5, 5.41) is 9.17. The van der Waals surface area contributed by atoms with Gasteiger partial charge in [-0.2, -0.15) is 0 Å². The predicted octanol–water partition coefficient (Wildman–Crippen LogP) is 0.978. The molecule has 106 valence electrons. The lowest BCUT2D eigenvalue weighted by Gasteiger charge is -2.40. The van der Waals surface area contributed by atoms with Crippen LogP contribution in [0.15, 0.2) is 11.8 Å². The summed E-state index contributed by atoms with van der Waals surface area (Å²) in [6.07, 6.45) is 0.216. The second kappa shape index (κ2) is 5.03. The molecule has 6 nitrogen and oxygen atoms in total. The Morgan fingerprint density at radius 3 is 2.26 bits per heavy atom. The van der Waals surface area contributed by atoms with Crippen molar-refractivity contribution in [3.05, 3.63) is 11.8 Å². The van der Waals surface area contributed by atoms with E-state index in [9.17, 15) is 14.4 Å². The van der Waals surface area contributed by atoms with Crippen LogP contribution in [0.5, 0.6) is 0 Å². The first-order valence-electron chi connectivity index (χ1n) is 6.01. The lowest BCUT2D eigenvalue weighted by molar-refractivity contribution is -0.132. The first kappa shape index (κ1) is 15.2. The number of nitrogens with zero attached hydrogens (tertiary/aromatic N) is 2. The van der Waals surface area contributed by atoms with Gasteiger partial charge in [-0.15, -0.1) is 0 Å². The Hall–Kier alpha value is -1.85. The second-order valence-electron chi connectivity index (χ2n) is 5.97. The van der Waals surface area contributed by atoms with Crippen LogP contribution in [0, 0.1) is 5.41 Å². The van der Waals surface area contributed by atoms with E-state index in [1.54, 1.807) is 39.8 Å². The number of hydrogen-bond acceptors (Lipinski definition) is 4. The van der Waals surface area contributed by atoms with E-state index in [0.29, 0.717) is 0 Å². The Balaban J connectivity index is 3.27. The highest BCUT2D eigenvalue weighted by Gasteiger charge is 2.46. The van der Waals surface area contributed by atoms with E-state index < -0.39 is 29.1 Å². The normalized spacial score (nSPS) is 22.9. The van der Waals surface area contributed by atoms with E-state index in [4.69, 9.17) is 5.11 Å². The van der Waals surface area contributed by atoms with E-state index >= 15 is 0 Å². The van der Waals surface area contributed by atoms with Crippen LogP contribution in [0.4, 0.5) is 4.79 Å². The van der Waals surface area contributed by atoms with E-state index in [-0.39, 0.29) is 12.1 Å². The molecule has 1 N–H and O–H groups in total. The monoisotopic (exact) mass is 268 g/mol. The molecule has 1 atom stereocenters. The van der Waals surface area contributed by atoms with Crippen molar-refractivity contribution in [3.8, 4) is 0 Å². The van der Waals surface area contributed by atoms with Crippen LogP contribution in [0.1, 0.15) is 20.8 Å². The smallest absolute Gasteiger partial charge is 0.408 e. The van der Waals surface area contributed by atoms with Crippen molar-refractivity contribution < 1.29 is 19.5 Å². The van der Waals surface area contributed by atoms with Crippen molar-refractivity contribution >= 4 is 17.7 Å². The highest BCUT2D eigenvalue weighted by molar-refractivity contribution is 6.25. The van der Waals surface area contributed by atoms with Crippen LogP contribution in [0.3, 0.4) is 0 Å². The number of rotatable bonds is 1. The van der Waals surface area contributed by atoms with Crippen molar-refractivity contribution in [2.75, 3.05) is 20.6 Å². The van der Waals surface area contributed by atoms with Gasteiger partial charge in [0.05, 0.1) is 12.1 Å². The number of likely N-dealkylation sites (tertiary alicyclic amines) is 1. The standard InChI is InChI=1S/C13H20N2O4/c1-13(2,3)11-10(17)8(6-14(4)5)9(16)7-15(11)12(18)19/h6,11H,7H2,1-5H3,(H,18,19). The van der Waals surface area contributed by atoms with Gasteiger partial charge in [-0.3, -0.25) is 14.5 Å². The van der Waals surface area contributed by atoms with Gasteiger partial charge in [0.2, 0.25) is 0 Å². The van der Waals surface area contributed by atoms with Gasteiger partial charge in [0.25, 0.3) is 0 Å². The predicted molar refractivity (Wildman–Crippen MR) is 69.8 cm³/mol. The molecule has 1 fully saturated rings. The van der Waals surface area contributed by atoms with Crippen molar-refractivity contribution in [1.29, 1.82) is 0 Å². The summed E-state index contributed by atoms with van der Waals surface area (Å²) < 4.78 is 0. The molecular formula is C13H20N2O4. The molecule has 0 aromatic heterocycles. The lowest BCUT2D eigenvalue weighted by Crippen LogP contribution is -2.58. The number of carbonyl (C=O) groups excluding carboxylic acids is 2. The molecule has 1 rings (SSSR count). The van der Waals surface area contributed by atoms with Crippen LogP contribution in [0.25, 0.3) is 0 Å². The molecule has 0 aromatic rings. The molecule has 0 radical (unpaired) electrons. The third-order valence-corrected chi connectivity index (χ3v) is 2.89. The largest absolute Gasteiger partial charge is 0.465 e. The summed E-state index contributed by atoms with van der Waals surface area (Å²) in [5.74, 6) is -0.888. The summed E-state index contributed by atoms with van der Waals surface area (Å²) in [4.78, 5) is 38.1. The Kier molecular flexibility index (Phi) is 4.03. The molecule has 6 heteroatoms. The van der Waals surface area contributed by atoms with Gasteiger partial charge >= 0.3 is 6.09 Å². The minimum Gasteiger partial charge on any atom is -0.465 e. The number of carbonyl (C=O) groups is 3. The zero-order valence-electron chi connectivity index (χ0n) is 11.9. The number of amides is 1. The maximum Gasteiger partial charge on any atom is 0.408 e. The minimum absolute atomic E-state index is 0.0717. The molecule has 0 aliphatic carbocycles. The van der Waals surface area contributed by atoms with Crippen LogP contribution < -0.4 is 0 Å². The molecule has 0 aromatic carbocycles. The van der Waals surface area contributed by atoms with E-state index in [1.807, 2.05) is 0 Å². The van der Waals surface area contributed by atoms with E-state index in [2.05, 4.69) is 0 Å². The molecule has 1 aliphatic heterocycles. The van der Waals surface area contributed by atoms with Crippen LogP contribution in [-0.2, 0) is 9.59 Å². The van der Waals surface area contributed by atoms with Crippen molar-refractivity contribution in [1.82, 2.24) is 9.80 Å². The van der Waals surface area contributed by atoms with Crippen LogP contribution in [0.2, 0.25) is 0 Å². The highest BCUT2D eigenvalue weighted by atomic mass is 16.4. The van der Waals surface area contributed by atoms with E-state index in [0.717, 1.165) is 4.90 Å². The van der Waals surface area contributed by atoms with Gasteiger partial charge in [0, 0.05) is 20.3 Å². The van der Waals surface area contributed by atoms with Gasteiger partial charge in [-0.1, -0.05) is 20.8 Å². The van der Waals surface area contributed by atoms with Crippen molar-refractivity contribution in [3.63, 3.8) is 0 Å². The Morgan fingerprint density at radius 1 is 1.37 bits per heavy atom. The number of ketones is 2. The average Bonchev–Trinajstić information content (AvgIpc) is 2.20. The van der Waals surface area contributed by atoms with Gasteiger partial charge in [-0.05, 0) is 5.41 Å². The lowest BCUT2D eigenvalue weighted by atomic mass is 9.78. The zero-order chi connectivity index (χ0) is 15.0. The highest BCUT2D eigenvalue weighted by Crippen LogP contribution is 2.30. The molecule has 1 heterocycles. The number of piperidine rings is 1. The fourth-order valence-electron chi connectivity index (χ4n) is 2.19. The SMILES string of the molecule is CN(C)C=C1C(=O)CN(C(=O)O)C(C(C)(C)C)C1=O. The van der Waals surface area contributed by atoms with Gasteiger partial charge in [-0.25, -0.2) is 4.79 Å². The third-order valence-electron chi connectivity index (χ3n) is 2.89. The molecule has 1 saturated heterocycles. The fraction of sp³-hybridized carbons (Fsp3) is 0.615. The summed E-state index contributed by atoms with van der Waals surface area (Å²) in [6.45, 7) is 5.08. The van der Waals surface area contributed by atoms with Crippen LogP contribution >= 0.6 is 0 Å². The first-order chi connectivity index (χ1) is 8.55. The zero-order valence-corrected chi connectivity index (χ0v) is 11.9. The second-order valence-corrected chi connectivity index (χ2v) is 5.97. The summed E-state index contributed by atoms with van der Waals surface area (Å²) in [6, 6.07) is -0.839. The van der Waals surface area contributed by atoms with E-state index in [1.165, 1.54) is 6.20 Å². The molecule has 0 saturated carbocycles. The molecule has 0 bridgehead atoms. The molecular weight excluding hydrogens is 248 g/mol. The number of carboxylic acid groups (broad SMARTS) is 1. The maximum absolute atomic E-state index is 12.4. The van der Waals surface area contributed by atoms with Gasteiger partial charge < -0.3 is 10.0 Å². The average molecular weight is 268 g/mol. The number of hydrogen-bond donors (Lipinski definition) is 1. The van der Waals surface area contributed by atoms with Gasteiger partial charge in [0.1, 0.15) is 6.04 Å². The Labute approximate surface area is 112 Å². The van der Waals surface area contributed by atoms with Crippen molar-refractivity contribution in [2.45, 2.75) is 26.8 Å². The molecule has 1 amide bonds. The third kappa shape index (κ3) is 3.13. The number of Topliss-reactive ketones (excluding diaryl/α,β-unsaturated/α-hetero) is 2. The molecule has 1 unspecified atom stereocenters. The first-order valence-corrected chi connectivity index (χ1v) is 6.01. The Morgan fingerprint density at radius 2 is 1.89 bits per heavy atom. The maximum atomic E-state index is 12.4. The molecule has 19 heavy (non-hydrogen) atoms. The summed E-state index contributed by atoms with van der Waals surface area (Å²) in [7, 11) is 3.42. The molecule has 0 spiro atoms. The Bertz CT molecular complexity index is 446. The fourth-order valence-corrected chi connectivity index (χ4v) is 2.19. The quantitative estimate of drug-likeness (QED) is 0.566. The molecule has 1 aliphatic rings. The van der Waals surface area contributed by atoms with Crippen molar-refractivity contribution in [2.24, 2.45) is 5.41 Å². The topological polar surface area (TPSA) is 77.9 Å². The summed E-state index contributed by atoms with van der Waals surface area (Å²) >= 11 is 0.